The summed E-state index contributed by atoms with van der Waals surface area (Å²) in [6, 6.07) is 9.72. The summed E-state index contributed by atoms with van der Waals surface area (Å²) in [7, 11) is 0. The van der Waals surface area contributed by atoms with Gasteiger partial charge in [-0.1, -0.05) is 43.7 Å². The molecule has 1 rings (SSSR count). The van der Waals surface area contributed by atoms with Crippen molar-refractivity contribution in [3.63, 3.8) is 0 Å². The maximum Gasteiger partial charge on any atom is 0.419 e. The Hall–Kier alpha value is -1.47. The zero-order chi connectivity index (χ0) is 14.1. The van der Waals surface area contributed by atoms with Crippen LogP contribution >= 0.6 is 0 Å². The topological polar surface area (TPSA) is 0 Å². The highest BCUT2D eigenvalue weighted by Gasteiger charge is 2.32. The van der Waals surface area contributed by atoms with Gasteiger partial charge in [-0.05, 0) is 37.3 Å². The number of allylic oxidation sites excluding steroid dienone is 1. The van der Waals surface area contributed by atoms with Gasteiger partial charge in [0.1, 0.15) is 0 Å². The molecular weight excluding hydrogens is 249 g/mol. The molecule has 0 heterocycles. The van der Waals surface area contributed by atoms with Gasteiger partial charge in [-0.2, -0.15) is 13.2 Å². The van der Waals surface area contributed by atoms with Gasteiger partial charge in [0.25, 0.3) is 0 Å². The Bertz CT molecular complexity index is 423. The highest BCUT2D eigenvalue weighted by molar-refractivity contribution is 5.15. The summed E-state index contributed by atoms with van der Waals surface area (Å²) in [5.74, 6) is 0. The van der Waals surface area contributed by atoms with Crippen LogP contribution in [-0.4, -0.2) is 6.18 Å². The summed E-state index contributed by atoms with van der Waals surface area (Å²) < 4.78 is 38.0. The number of aryl methyl sites for hydroxylation is 1. The molecule has 0 unspecified atom stereocenters. The molecule has 0 N–H and O–H groups in total. The summed E-state index contributed by atoms with van der Waals surface area (Å²) in [5, 5.41) is 0. The van der Waals surface area contributed by atoms with E-state index in [1.807, 2.05) is 37.3 Å². The summed E-state index contributed by atoms with van der Waals surface area (Å²) in [6.45, 7) is 1.88. The van der Waals surface area contributed by atoms with Gasteiger partial charge in [-0.25, -0.2) is 0 Å². The second kappa shape index (κ2) is 7.85. The van der Waals surface area contributed by atoms with Gasteiger partial charge in [-0.15, -0.1) is 5.73 Å². The normalized spacial score (nSPS) is 10.9. The van der Waals surface area contributed by atoms with E-state index in [0.29, 0.717) is 12.8 Å². The summed E-state index contributed by atoms with van der Waals surface area (Å²) in [5.41, 5.74) is 3.02. The molecule has 19 heavy (non-hydrogen) atoms. The van der Waals surface area contributed by atoms with Gasteiger partial charge >= 0.3 is 6.18 Å². The predicted molar refractivity (Wildman–Crippen MR) is 71.9 cm³/mol. The maximum absolute atomic E-state index is 12.7. The Labute approximate surface area is 112 Å². The third-order valence-corrected chi connectivity index (χ3v) is 2.82. The van der Waals surface area contributed by atoms with Crippen molar-refractivity contribution in [3.8, 4) is 0 Å². The van der Waals surface area contributed by atoms with Crippen LogP contribution in [0.4, 0.5) is 13.2 Å². The second-order valence-corrected chi connectivity index (χ2v) is 4.45. The van der Waals surface area contributed by atoms with Crippen LogP contribution < -0.4 is 0 Å². The number of rotatable bonds is 6. The molecule has 0 aliphatic heterocycles. The fraction of sp³-hybridized carbons (Fsp3) is 0.438. The highest BCUT2D eigenvalue weighted by atomic mass is 19.4. The van der Waals surface area contributed by atoms with E-state index in [9.17, 15) is 13.2 Å². The Kier molecular flexibility index (Phi) is 6.44. The van der Waals surface area contributed by atoms with Crippen molar-refractivity contribution >= 4 is 0 Å². The molecule has 0 saturated heterocycles. The largest absolute Gasteiger partial charge is 0.419 e. The molecule has 0 fully saturated rings. The van der Waals surface area contributed by atoms with Gasteiger partial charge in [0.15, 0.2) is 0 Å². The Morgan fingerprint density at radius 2 is 1.89 bits per heavy atom. The molecule has 0 aromatic heterocycles. The SMILES string of the molecule is CCCCC(=C=CCCc1ccccc1)C(F)(F)F. The van der Waals surface area contributed by atoms with Crippen molar-refractivity contribution in [3.05, 3.63) is 53.3 Å². The van der Waals surface area contributed by atoms with E-state index >= 15 is 0 Å². The Balaban J connectivity index is 2.60. The van der Waals surface area contributed by atoms with Crippen molar-refractivity contribution in [1.29, 1.82) is 0 Å². The first kappa shape index (κ1) is 15.6. The van der Waals surface area contributed by atoms with Gasteiger partial charge in [-0.3, -0.25) is 0 Å². The number of hydrogen-bond donors (Lipinski definition) is 0. The predicted octanol–water partition coefficient (Wildman–Crippen LogP) is 5.45. The molecule has 3 heteroatoms. The Morgan fingerprint density at radius 1 is 1.21 bits per heavy atom. The molecule has 0 aliphatic carbocycles. The van der Waals surface area contributed by atoms with Crippen LogP contribution in [0.2, 0.25) is 0 Å². The zero-order valence-electron chi connectivity index (χ0n) is 11.1. The molecule has 0 nitrogen and oxygen atoms in total. The van der Waals surface area contributed by atoms with Crippen LogP contribution in [0, 0.1) is 0 Å². The van der Waals surface area contributed by atoms with Crippen molar-refractivity contribution in [2.75, 3.05) is 0 Å². The lowest BCUT2D eigenvalue weighted by molar-refractivity contribution is -0.0939. The molecule has 0 radical (unpaired) electrons. The molecular formula is C16H19F3. The number of halogens is 3. The summed E-state index contributed by atoms with van der Waals surface area (Å²) in [4.78, 5) is 0. The fourth-order valence-corrected chi connectivity index (χ4v) is 1.73. The summed E-state index contributed by atoms with van der Waals surface area (Å²) in [6.07, 6.45) is -0.0617. The lowest BCUT2D eigenvalue weighted by atomic mass is 10.1. The third-order valence-electron chi connectivity index (χ3n) is 2.82. The van der Waals surface area contributed by atoms with Crippen molar-refractivity contribution in [2.24, 2.45) is 0 Å². The van der Waals surface area contributed by atoms with Crippen LogP contribution in [0.3, 0.4) is 0 Å². The van der Waals surface area contributed by atoms with E-state index in [2.05, 4.69) is 5.73 Å². The molecule has 1 aromatic rings. The molecule has 0 spiro atoms. The molecule has 104 valence electrons. The van der Waals surface area contributed by atoms with E-state index in [0.717, 1.165) is 18.4 Å². The van der Waals surface area contributed by atoms with Gasteiger partial charge in [0.2, 0.25) is 0 Å². The first-order valence-corrected chi connectivity index (χ1v) is 6.59. The quantitative estimate of drug-likeness (QED) is 0.601. The van der Waals surface area contributed by atoms with Gasteiger partial charge in [0, 0.05) is 0 Å². The molecule has 0 aliphatic rings. The van der Waals surface area contributed by atoms with Crippen molar-refractivity contribution in [1.82, 2.24) is 0 Å². The first-order chi connectivity index (χ1) is 9.04. The second-order valence-electron chi connectivity index (χ2n) is 4.45. The number of alkyl halides is 3. The fourth-order valence-electron chi connectivity index (χ4n) is 1.73. The molecule has 0 atom stereocenters. The van der Waals surface area contributed by atoms with E-state index < -0.39 is 11.7 Å². The van der Waals surface area contributed by atoms with E-state index in [4.69, 9.17) is 0 Å². The van der Waals surface area contributed by atoms with E-state index in [1.165, 1.54) is 6.08 Å². The molecule has 1 aromatic carbocycles. The van der Waals surface area contributed by atoms with Crippen molar-refractivity contribution in [2.45, 2.75) is 45.2 Å². The minimum atomic E-state index is -4.25. The van der Waals surface area contributed by atoms with Gasteiger partial charge in [0.05, 0.1) is 5.57 Å². The van der Waals surface area contributed by atoms with Crippen LogP contribution in [0.5, 0.6) is 0 Å². The van der Waals surface area contributed by atoms with Crippen LogP contribution in [-0.2, 0) is 6.42 Å². The van der Waals surface area contributed by atoms with Crippen molar-refractivity contribution < 1.29 is 13.2 Å². The number of unbranched alkanes of at least 4 members (excludes halogenated alkanes) is 1. The number of benzene rings is 1. The van der Waals surface area contributed by atoms with Crippen LogP contribution in [0.1, 0.15) is 38.2 Å². The highest BCUT2D eigenvalue weighted by Crippen LogP contribution is 2.28. The third kappa shape index (κ3) is 6.30. The minimum absolute atomic E-state index is 0.0574. The molecule has 0 saturated carbocycles. The summed E-state index contributed by atoms with van der Waals surface area (Å²) >= 11 is 0. The van der Waals surface area contributed by atoms with E-state index in [1.54, 1.807) is 0 Å². The maximum atomic E-state index is 12.7. The Morgan fingerprint density at radius 3 is 2.47 bits per heavy atom. The van der Waals surface area contributed by atoms with Gasteiger partial charge < -0.3 is 0 Å². The van der Waals surface area contributed by atoms with E-state index in [-0.39, 0.29) is 6.42 Å². The smallest absolute Gasteiger partial charge is 0.166 e. The first-order valence-electron chi connectivity index (χ1n) is 6.59. The lowest BCUT2D eigenvalue weighted by Gasteiger charge is -2.08. The molecule has 0 bridgehead atoms. The van der Waals surface area contributed by atoms with Crippen LogP contribution in [0.25, 0.3) is 0 Å². The lowest BCUT2D eigenvalue weighted by Crippen LogP contribution is -2.10. The standard InChI is InChI=1S/C16H19F3/c1-2-3-12-15(16(17,18)19)13-8-7-11-14-9-5-4-6-10-14/h4-6,8-10H,2-3,7,11-12H2,1H3. The minimum Gasteiger partial charge on any atom is -0.166 e. The average molecular weight is 268 g/mol. The average Bonchev–Trinajstić information content (AvgIpc) is 2.37. The zero-order valence-corrected chi connectivity index (χ0v) is 11.1. The monoisotopic (exact) mass is 268 g/mol. The number of hydrogen-bond acceptors (Lipinski definition) is 0. The molecule has 0 amide bonds. The van der Waals surface area contributed by atoms with Crippen LogP contribution in [0.15, 0.2) is 47.7 Å².